The predicted octanol–water partition coefficient (Wildman–Crippen LogP) is 5.44. The number of halogens is 2. The Morgan fingerprint density at radius 2 is 2.03 bits per heavy atom. The lowest BCUT2D eigenvalue weighted by atomic mass is 10.1. The van der Waals surface area contributed by atoms with Crippen molar-refractivity contribution in [1.29, 1.82) is 5.41 Å². The van der Waals surface area contributed by atoms with Gasteiger partial charge in [-0.25, -0.2) is 4.39 Å². The van der Waals surface area contributed by atoms with Gasteiger partial charge in [-0.3, -0.25) is 10.2 Å². The lowest BCUT2D eigenvalue weighted by Crippen LogP contribution is -2.35. The molecule has 0 unspecified atom stereocenters. The van der Waals surface area contributed by atoms with E-state index in [0.29, 0.717) is 22.2 Å². The van der Waals surface area contributed by atoms with Gasteiger partial charge in [0, 0.05) is 0 Å². The Bertz CT molecular complexity index is 1210. The van der Waals surface area contributed by atoms with Crippen LogP contribution in [-0.2, 0) is 11.4 Å². The van der Waals surface area contributed by atoms with Gasteiger partial charge in [0.2, 0.25) is 5.17 Å². The zero-order valence-corrected chi connectivity index (χ0v) is 20.9. The first kappa shape index (κ1) is 23.4. The van der Waals surface area contributed by atoms with Gasteiger partial charge in [-0.05, 0) is 88.7 Å². The van der Waals surface area contributed by atoms with Gasteiger partial charge >= 0.3 is 0 Å². The number of ether oxygens (including phenoxy) is 2. The molecule has 0 spiro atoms. The van der Waals surface area contributed by atoms with E-state index in [2.05, 4.69) is 32.7 Å². The molecule has 0 saturated heterocycles. The Morgan fingerprint density at radius 1 is 1.27 bits per heavy atom. The van der Waals surface area contributed by atoms with E-state index in [4.69, 9.17) is 14.9 Å². The van der Waals surface area contributed by atoms with Gasteiger partial charge in [0.25, 0.3) is 5.91 Å². The van der Waals surface area contributed by atoms with Gasteiger partial charge in [-0.1, -0.05) is 19.1 Å². The number of rotatable bonds is 7. The molecule has 0 radical (unpaired) electrons. The molecule has 0 bridgehead atoms. The highest BCUT2D eigenvalue weighted by Gasteiger charge is 2.35. The molecule has 1 N–H and O–H groups in total. The Hall–Kier alpha value is -2.73. The maximum atomic E-state index is 13.1. The van der Waals surface area contributed by atoms with E-state index in [9.17, 15) is 9.18 Å². The van der Waals surface area contributed by atoms with Gasteiger partial charge in [-0.2, -0.15) is 15.1 Å². The fourth-order valence-electron chi connectivity index (χ4n) is 3.21. The van der Waals surface area contributed by atoms with Crippen molar-refractivity contribution in [2.75, 3.05) is 7.11 Å². The summed E-state index contributed by atoms with van der Waals surface area (Å²) in [6, 6.07) is 9.66. The molecule has 4 rings (SSSR count). The van der Waals surface area contributed by atoms with E-state index < -0.39 is 5.91 Å². The first-order valence-corrected chi connectivity index (χ1v) is 12.0. The fraction of sp³-hybridized carbons (Fsp3) is 0.217. The Balaban J connectivity index is 1.59. The Kier molecular flexibility index (Phi) is 7.13. The molecular weight excluding hydrogens is 558 g/mol. The minimum atomic E-state index is -0.475. The lowest BCUT2D eigenvalue weighted by Gasteiger charge is -2.20. The lowest BCUT2D eigenvalue weighted by molar-refractivity contribution is -0.114. The molecule has 2 aromatic rings. The molecule has 7 nitrogen and oxygen atoms in total. The molecule has 2 aliphatic rings. The van der Waals surface area contributed by atoms with Crippen molar-refractivity contribution in [1.82, 2.24) is 5.01 Å². The maximum absolute atomic E-state index is 13.1. The summed E-state index contributed by atoms with van der Waals surface area (Å²) in [5.74, 6) is 0.239. The fourth-order valence-corrected chi connectivity index (χ4v) is 4.98. The molecule has 0 aromatic heterocycles. The van der Waals surface area contributed by atoms with Crippen LogP contribution in [0.5, 0.6) is 11.5 Å². The number of benzene rings is 2. The molecule has 2 aliphatic heterocycles. The quantitative estimate of drug-likeness (QED) is 0.350. The number of amides is 1. The number of carbonyl (C=O) groups is 1. The summed E-state index contributed by atoms with van der Waals surface area (Å²) in [6.07, 6.45) is 3.30. The van der Waals surface area contributed by atoms with Crippen molar-refractivity contribution in [3.63, 3.8) is 0 Å². The van der Waals surface area contributed by atoms with Gasteiger partial charge < -0.3 is 9.47 Å². The van der Waals surface area contributed by atoms with Crippen LogP contribution in [0.1, 0.15) is 30.9 Å². The monoisotopic (exact) mass is 578 g/mol. The average molecular weight is 578 g/mol. The second-order valence-corrected chi connectivity index (χ2v) is 9.42. The number of hydrazone groups is 1. The number of hydrogen-bond acceptors (Lipinski definition) is 6. The van der Waals surface area contributed by atoms with Crippen LogP contribution in [-0.4, -0.2) is 34.1 Å². The Morgan fingerprint density at radius 3 is 2.73 bits per heavy atom. The number of amidine groups is 2. The highest BCUT2D eigenvalue weighted by atomic mass is 127. The van der Waals surface area contributed by atoms with Gasteiger partial charge in [0.05, 0.1) is 16.3 Å². The molecule has 0 saturated carbocycles. The molecule has 0 atom stereocenters. The van der Waals surface area contributed by atoms with E-state index in [1.54, 1.807) is 24.3 Å². The number of carbonyl (C=O) groups excluding carboxylic acids is 1. The van der Waals surface area contributed by atoms with Crippen LogP contribution in [0.25, 0.3) is 6.08 Å². The first-order valence-electron chi connectivity index (χ1n) is 10.1. The number of thioether (sulfide) groups is 1. The minimum absolute atomic E-state index is 0.00536. The van der Waals surface area contributed by atoms with Crippen LogP contribution in [0.15, 0.2) is 52.1 Å². The second-order valence-electron chi connectivity index (χ2n) is 7.21. The molecule has 10 heteroatoms. The zero-order chi connectivity index (χ0) is 23.5. The molecule has 0 fully saturated rings. The molecular formula is C23H20FIN4O3S. The van der Waals surface area contributed by atoms with E-state index in [1.165, 1.54) is 36.0 Å². The molecule has 2 aromatic carbocycles. The highest BCUT2D eigenvalue weighted by molar-refractivity contribution is 14.1. The van der Waals surface area contributed by atoms with E-state index >= 15 is 0 Å². The molecule has 2 heterocycles. The summed E-state index contributed by atoms with van der Waals surface area (Å²) in [5, 5.41) is 15.6. The molecule has 170 valence electrons. The topological polar surface area (TPSA) is 87.3 Å². The van der Waals surface area contributed by atoms with E-state index in [1.807, 2.05) is 13.0 Å². The largest absolute Gasteiger partial charge is 0.493 e. The number of methoxy groups -OCH3 is 1. The van der Waals surface area contributed by atoms with Crippen LogP contribution >= 0.6 is 34.4 Å². The number of nitrogens with one attached hydrogen (secondary N) is 1. The van der Waals surface area contributed by atoms with Gasteiger partial charge in [0.15, 0.2) is 17.3 Å². The summed E-state index contributed by atoms with van der Waals surface area (Å²) in [6.45, 7) is 2.30. The summed E-state index contributed by atoms with van der Waals surface area (Å²) < 4.78 is 25.3. The average Bonchev–Trinajstić information content (AvgIpc) is 3.19. The second kappa shape index (κ2) is 10.0. The van der Waals surface area contributed by atoms with Crippen molar-refractivity contribution in [3.05, 3.63) is 62.5 Å². The van der Waals surface area contributed by atoms with Crippen molar-refractivity contribution >= 4 is 62.4 Å². The van der Waals surface area contributed by atoms with Crippen LogP contribution in [0.4, 0.5) is 4.39 Å². The summed E-state index contributed by atoms with van der Waals surface area (Å²) in [5.41, 5.74) is 1.64. The standard InChI is InChI=1S/C23H20FIN4O3S/c1-3-4-19-28-29-21(26)16(22(30)27-23(29)33-19)9-14-10-17(25)20(18(11-14)31-2)32-12-13-5-7-15(24)8-6-13/h5-11,26H,3-4,12H2,1-2H3/b16-9-,26-21?. The van der Waals surface area contributed by atoms with Gasteiger partial charge in [-0.15, -0.1) is 0 Å². The van der Waals surface area contributed by atoms with E-state index in [0.717, 1.165) is 27.0 Å². The zero-order valence-electron chi connectivity index (χ0n) is 17.9. The third-order valence-corrected chi connectivity index (χ3v) is 6.59. The van der Waals surface area contributed by atoms with Crippen LogP contribution < -0.4 is 9.47 Å². The molecule has 0 aliphatic carbocycles. The molecule has 33 heavy (non-hydrogen) atoms. The first-order chi connectivity index (χ1) is 15.9. The number of hydrogen-bond donors (Lipinski definition) is 1. The van der Waals surface area contributed by atoms with Crippen molar-refractivity contribution in [2.24, 2.45) is 10.1 Å². The molecule has 1 amide bonds. The van der Waals surface area contributed by atoms with Crippen LogP contribution in [0.2, 0.25) is 0 Å². The van der Waals surface area contributed by atoms with Crippen molar-refractivity contribution in [3.8, 4) is 11.5 Å². The number of aliphatic imine (C=N–C) groups is 1. The SMILES string of the molecule is CCCC1=NN2C(=N)/C(=C/c3cc(I)c(OCc4ccc(F)cc4)c(OC)c3)C(=O)N=C2S1. The minimum Gasteiger partial charge on any atom is -0.493 e. The van der Waals surface area contributed by atoms with Gasteiger partial charge in [0.1, 0.15) is 17.5 Å². The van der Waals surface area contributed by atoms with E-state index in [-0.39, 0.29) is 23.8 Å². The smallest absolute Gasteiger partial charge is 0.283 e. The summed E-state index contributed by atoms with van der Waals surface area (Å²) >= 11 is 3.46. The summed E-state index contributed by atoms with van der Waals surface area (Å²) in [4.78, 5) is 16.7. The van der Waals surface area contributed by atoms with Crippen LogP contribution in [0.3, 0.4) is 0 Å². The highest BCUT2D eigenvalue weighted by Crippen LogP contribution is 2.36. The van der Waals surface area contributed by atoms with Crippen molar-refractivity contribution < 1.29 is 18.7 Å². The normalized spacial score (nSPS) is 16.6. The maximum Gasteiger partial charge on any atom is 0.283 e. The number of nitrogens with zero attached hydrogens (tertiary/aromatic N) is 3. The third-order valence-electron chi connectivity index (χ3n) is 4.82. The predicted molar refractivity (Wildman–Crippen MR) is 136 cm³/mol. The van der Waals surface area contributed by atoms with Crippen molar-refractivity contribution in [2.45, 2.75) is 26.4 Å². The number of fused-ring (bicyclic) bond motifs is 1. The third kappa shape index (κ3) is 5.11. The summed E-state index contributed by atoms with van der Waals surface area (Å²) in [7, 11) is 1.53. The Labute approximate surface area is 208 Å². The van der Waals surface area contributed by atoms with Crippen LogP contribution in [0, 0.1) is 14.8 Å².